The number of aromatic nitrogens is 1. The highest BCUT2D eigenvalue weighted by molar-refractivity contribution is 5.94. The highest BCUT2D eigenvalue weighted by Gasteiger charge is 2.09. The van der Waals surface area contributed by atoms with Crippen LogP contribution in [0.3, 0.4) is 0 Å². The van der Waals surface area contributed by atoms with Gasteiger partial charge in [-0.05, 0) is 30.3 Å². The van der Waals surface area contributed by atoms with E-state index < -0.39 is 0 Å². The number of methoxy groups -OCH3 is 1. The van der Waals surface area contributed by atoms with Gasteiger partial charge in [0.25, 0.3) is 5.91 Å². The van der Waals surface area contributed by atoms with Crippen molar-refractivity contribution in [2.45, 2.75) is 6.54 Å². The Morgan fingerprint density at radius 1 is 1.08 bits per heavy atom. The van der Waals surface area contributed by atoms with Crippen LogP contribution in [0, 0.1) is 5.82 Å². The van der Waals surface area contributed by atoms with Gasteiger partial charge >= 0.3 is 0 Å². The van der Waals surface area contributed by atoms with Crippen LogP contribution in [0.5, 0.6) is 5.75 Å². The number of para-hydroxylation sites is 2. The van der Waals surface area contributed by atoms with Crippen molar-refractivity contribution < 1.29 is 13.9 Å². The van der Waals surface area contributed by atoms with Crippen molar-refractivity contribution in [1.82, 2.24) is 10.3 Å². The molecular weight excluding hydrogens is 333 g/mol. The van der Waals surface area contributed by atoms with Gasteiger partial charge in [0.2, 0.25) is 0 Å². The number of halogens is 1. The molecule has 1 aromatic heterocycles. The summed E-state index contributed by atoms with van der Waals surface area (Å²) in [4.78, 5) is 16.4. The molecule has 0 unspecified atom stereocenters. The molecule has 132 valence electrons. The van der Waals surface area contributed by atoms with Gasteiger partial charge in [-0.2, -0.15) is 0 Å². The Kier molecular flexibility index (Phi) is 5.43. The second kappa shape index (κ2) is 8.11. The number of ether oxygens (including phenoxy) is 1. The number of benzene rings is 2. The summed E-state index contributed by atoms with van der Waals surface area (Å²) in [7, 11) is 1.59. The van der Waals surface area contributed by atoms with Crippen LogP contribution in [0.4, 0.5) is 15.9 Å². The standard InChI is InChI=1S/C20H18FN3O2/c1-26-18-9-5-2-6-14(18)12-23-20(25)15-10-11-19(22-13-15)24-17-8-4-3-7-16(17)21/h2-11,13H,12H2,1H3,(H,22,24)(H,23,25). The van der Waals surface area contributed by atoms with Gasteiger partial charge in [-0.25, -0.2) is 9.37 Å². The van der Waals surface area contributed by atoms with E-state index in [2.05, 4.69) is 15.6 Å². The third-order valence-electron chi connectivity index (χ3n) is 3.79. The second-order valence-corrected chi connectivity index (χ2v) is 5.53. The summed E-state index contributed by atoms with van der Waals surface area (Å²) in [6.07, 6.45) is 1.45. The fraction of sp³-hybridized carbons (Fsp3) is 0.100. The van der Waals surface area contributed by atoms with Gasteiger partial charge < -0.3 is 15.4 Å². The maximum atomic E-state index is 13.6. The lowest BCUT2D eigenvalue weighted by atomic mass is 10.2. The zero-order valence-electron chi connectivity index (χ0n) is 14.2. The van der Waals surface area contributed by atoms with Gasteiger partial charge in [-0.3, -0.25) is 4.79 Å². The highest BCUT2D eigenvalue weighted by atomic mass is 19.1. The van der Waals surface area contributed by atoms with Crippen LogP contribution in [0.2, 0.25) is 0 Å². The second-order valence-electron chi connectivity index (χ2n) is 5.53. The van der Waals surface area contributed by atoms with E-state index in [0.717, 1.165) is 11.3 Å². The summed E-state index contributed by atoms with van der Waals surface area (Å²) < 4.78 is 18.9. The zero-order chi connectivity index (χ0) is 18.4. The van der Waals surface area contributed by atoms with Gasteiger partial charge in [0.1, 0.15) is 17.4 Å². The molecule has 26 heavy (non-hydrogen) atoms. The first kappa shape index (κ1) is 17.4. The number of hydrogen-bond donors (Lipinski definition) is 2. The summed E-state index contributed by atoms with van der Waals surface area (Å²) in [5.41, 5.74) is 1.63. The minimum Gasteiger partial charge on any atom is -0.496 e. The van der Waals surface area contributed by atoms with E-state index in [4.69, 9.17) is 4.74 Å². The molecule has 0 aliphatic heterocycles. The zero-order valence-corrected chi connectivity index (χ0v) is 14.2. The Labute approximate surface area is 150 Å². The van der Waals surface area contributed by atoms with Crippen molar-refractivity contribution in [3.8, 4) is 5.75 Å². The van der Waals surface area contributed by atoms with Crippen LogP contribution in [0.1, 0.15) is 15.9 Å². The normalized spacial score (nSPS) is 10.2. The topological polar surface area (TPSA) is 63.2 Å². The fourth-order valence-electron chi connectivity index (χ4n) is 2.43. The van der Waals surface area contributed by atoms with Crippen molar-refractivity contribution in [2.24, 2.45) is 0 Å². The fourth-order valence-corrected chi connectivity index (χ4v) is 2.43. The number of nitrogens with zero attached hydrogens (tertiary/aromatic N) is 1. The van der Waals surface area contributed by atoms with Gasteiger partial charge in [0.05, 0.1) is 18.4 Å². The molecular formula is C20H18FN3O2. The Morgan fingerprint density at radius 2 is 1.85 bits per heavy atom. The smallest absolute Gasteiger partial charge is 0.253 e. The summed E-state index contributed by atoms with van der Waals surface area (Å²) in [5, 5.41) is 5.71. The van der Waals surface area contributed by atoms with E-state index in [0.29, 0.717) is 23.6 Å². The molecule has 0 bridgehead atoms. The number of pyridine rings is 1. The van der Waals surface area contributed by atoms with Gasteiger partial charge in [-0.1, -0.05) is 30.3 Å². The average Bonchev–Trinajstić information content (AvgIpc) is 2.68. The van der Waals surface area contributed by atoms with Gasteiger partial charge in [0.15, 0.2) is 0 Å². The van der Waals surface area contributed by atoms with Crippen LogP contribution < -0.4 is 15.4 Å². The quantitative estimate of drug-likeness (QED) is 0.707. The maximum Gasteiger partial charge on any atom is 0.253 e. The maximum absolute atomic E-state index is 13.6. The van der Waals surface area contributed by atoms with Crippen LogP contribution in [0.15, 0.2) is 66.9 Å². The Morgan fingerprint density at radius 3 is 2.58 bits per heavy atom. The molecule has 0 saturated carbocycles. The SMILES string of the molecule is COc1ccccc1CNC(=O)c1ccc(Nc2ccccc2F)nc1. The largest absolute Gasteiger partial charge is 0.496 e. The van der Waals surface area contributed by atoms with Crippen molar-refractivity contribution >= 4 is 17.4 Å². The van der Waals surface area contributed by atoms with E-state index in [1.165, 1.54) is 12.3 Å². The molecule has 0 spiro atoms. The van der Waals surface area contributed by atoms with Crippen molar-refractivity contribution in [3.63, 3.8) is 0 Å². The van der Waals surface area contributed by atoms with Crippen molar-refractivity contribution in [2.75, 3.05) is 12.4 Å². The number of carbonyl (C=O) groups excluding carboxylic acids is 1. The molecule has 1 heterocycles. The summed E-state index contributed by atoms with van der Waals surface area (Å²) in [6.45, 7) is 0.345. The highest BCUT2D eigenvalue weighted by Crippen LogP contribution is 2.19. The minimum atomic E-state index is -0.368. The predicted molar refractivity (Wildman–Crippen MR) is 98.1 cm³/mol. The average molecular weight is 351 g/mol. The third-order valence-corrected chi connectivity index (χ3v) is 3.79. The molecule has 1 amide bonds. The van der Waals surface area contributed by atoms with Crippen molar-refractivity contribution in [3.05, 3.63) is 83.8 Å². The van der Waals surface area contributed by atoms with Crippen LogP contribution in [-0.4, -0.2) is 18.0 Å². The van der Waals surface area contributed by atoms with E-state index in [-0.39, 0.29) is 11.7 Å². The monoisotopic (exact) mass is 351 g/mol. The molecule has 0 aliphatic carbocycles. The first-order valence-electron chi connectivity index (χ1n) is 8.05. The Balaban J connectivity index is 1.63. The van der Waals surface area contributed by atoms with E-state index in [1.807, 2.05) is 24.3 Å². The van der Waals surface area contributed by atoms with E-state index in [1.54, 1.807) is 37.4 Å². The molecule has 0 fully saturated rings. The number of carbonyl (C=O) groups is 1. The first-order valence-corrected chi connectivity index (χ1v) is 8.05. The molecule has 2 N–H and O–H groups in total. The number of hydrogen-bond acceptors (Lipinski definition) is 4. The lowest BCUT2D eigenvalue weighted by Gasteiger charge is -2.10. The predicted octanol–water partition coefficient (Wildman–Crippen LogP) is 3.90. The Hall–Kier alpha value is -3.41. The molecule has 2 aromatic carbocycles. The number of anilines is 2. The van der Waals surface area contributed by atoms with E-state index >= 15 is 0 Å². The molecule has 0 atom stereocenters. The summed E-state index contributed by atoms with van der Waals surface area (Å²) in [5.74, 6) is 0.556. The van der Waals surface area contributed by atoms with Crippen LogP contribution >= 0.6 is 0 Å². The number of amides is 1. The molecule has 0 saturated heterocycles. The third kappa shape index (κ3) is 4.16. The number of nitrogens with one attached hydrogen (secondary N) is 2. The van der Waals surface area contributed by atoms with Gasteiger partial charge in [-0.15, -0.1) is 0 Å². The minimum absolute atomic E-state index is 0.249. The van der Waals surface area contributed by atoms with Crippen LogP contribution in [0.25, 0.3) is 0 Å². The molecule has 3 rings (SSSR count). The van der Waals surface area contributed by atoms with Crippen molar-refractivity contribution in [1.29, 1.82) is 0 Å². The molecule has 6 heteroatoms. The molecule has 0 aliphatic rings. The molecule has 3 aromatic rings. The first-order chi connectivity index (χ1) is 12.7. The van der Waals surface area contributed by atoms with Gasteiger partial charge in [0, 0.05) is 18.3 Å². The number of rotatable bonds is 6. The molecule has 5 nitrogen and oxygen atoms in total. The van der Waals surface area contributed by atoms with Crippen LogP contribution in [-0.2, 0) is 6.54 Å². The summed E-state index contributed by atoms with van der Waals surface area (Å²) >= 11 is 0. The Bertz CT molecular complexity index is 898. The van der Waals surface area contributed by atoms with E-state index in [9.17, 15) is 9.18 Å². The lowest BCUT2D eigenvalue weighted by molar-refractivity contribution is 0.0950. The molecule has 0 radical (unpaired) electrons. The lowest BCUT2D eigenvalue weighted by Crippen LogP contribution is -2.23. The summed E-state index contributed by atoms with van der Waals surface area (Å²) in [6, 6.07) is 17.1.